The minimum absolute atomic E-state index is 0.0877. The summed E-state index contributed by atoms with van der Waals surface area (Å²) in [7, 11) is 1.74. The highest BCUT2D eigenvalue weighted by atomic mass is 35.5. The number of carbonyl (C=O) groups excluding carboxylic acids is 1. The fourth-order valence-electron chi connectivity index (χ4n) is 1.50. The van der Waals surface area contributed by atoms with E-state index in [2.05, 4.69) is 10.1 Å². The number of nitrogens with zero attached hydrogens (tertiary/aromatic N) is 3. The average Bonchev–Trinajstić information content (AvgIpc) is 2.63. The number of carbonyl (C=O) groups is 1. The zero-order valence-corrected chi connectivity index (χ0v) is 9.98. The van der Waals surface area contributed by atoms with Gasteiger partial charge in [-0.3, -0.25) is 9.48 Å². The molecule has 0 spiro atoms. The first-order valence-corrected chi connectivity index (χ1v) is 5.36. The summed E-state index contributed by atoms with van der Waals surface area (Å²) in [5.41, 5.74) is 6.59. The molecule has 0 aliphatic heterocycles. The van der Waals surface area contributed by atoms with Crippen LogP contribution in [-0.2, 0) is 13.5 Å². The molecule has 0 fully saturated rings. The molecule has 88 valence electrons. The van der Waals surface area contributed by atoms with E-state index in [4.69, 9.17) is 17.3 Å². The molecule has 5 nitrogen and oxygen atoms in total. The van der Waals surface area contributed by atoms with Crippen molar-refractivity contribution in [3.8, 4) is 0 Å². The van der Waals surface area contributed by atoms with Crippen LogP contribution in [0.4, 0.5) is 5.69 Å². The maximum absolute atomic E-state index is 12.0. The molecule has 0 bridgehead atoms. The molecule has 0 amide bonds. The van der Waals surface area contributed by atoms with Gasteiger partial charge in [0.15, 0.2) is 5.78 Å². The van der Waals surface area contributed by atoms with Crippen molar-refractivity contribution in [1.29, 1.82) is 0 Å². The molecule has 2 N–H and O–H groups in total. The average molecular weight is 251 g/mol. The highest BCUT2D eigenvalue weighted by molar-refractivity contribution is 6.31. The van der Waals surface area contributed by atoms with Crippen molar-refractivity contribution >= 4 is 23.1 Å². The van der Waals surface area contributed by atoms with Gasteiger partial charge in [0.1, 0.15) is 12.2 Å². The number of anilines is 1. The van der Waals surface area contributed by atoms with Gasteiger partial charge in [-0.1, -0.05) is 11.6 Å². The van der Waals surface area contributed by atoms with Crippen molar-refractivity contribution in [2.75, 3.05) is 5.73 Å². The third-order valence-corrected chi connectivity index (χ3v) is 2.58. The zero-order chi connectivity index (χ0) is 12.4. The predicted molar refractivity (Wildman–Crippen MR) is 64.9 cm³/mol. The molecule has 2 aromatic rings. The summed E-state index contributed by atoms with van der Waals surface area (Å²) >= 11 is 5.84. The minimum Gasteiger partial charge on any atom is -0.399 e. The van der Waals surface area contributed by atoms with E-state index in [0.717, 1.165) is 0 Å². The van der Waals surface area contributed by atoms with E-state index >= 15 is 0 Å². The van der Waals surface area contributed by atoms with Gasteiger partial charge in [0.2, 0.25) is 0 Å². The number of hydrogen-bond donors (Lipinski definition) is 1. The molecule has 0 atom stereocenters. The summed E-state index contributed by atoms with van der Waals surface area (Å²) < 4.78 is 1.56. The van der Waals surface area contributed by atoms with Gasteiger partial charge in [-0.25, -0.2) is 4.98 Å². The maximum Gasteiger partial charge on any atom is 0.170 e. The highest BCUT2D eigenvalue weighted by Crippen LogP contribution is 2.17. The maximum atomic E-state index is 12.0. The topological polar surface area (TPSA) is 73.8 Å². The monoisotopic (exact) mass is 250 g/mol. The van der Waals surface area contributed by atoms with Crippen molar-refractivity contribution in [1.82, 2.24) is 14.8 Å². The largest absolute Gasteiger partial charge is 0.399 e. The van der Waals surface area contributed by atoms with E-state index in [-0.39, 0.29) is 12.2 Å². The van der Waals surface area contributed by atoms with Gasteiger partial charge in [0.25, 0.3) is 0 Å². The summed E-state index contributed by atoms with van der Waals surface area (Å²) in [6, 6.07) is 4.79. The zero-order valence-electron chi connectivity index (χ0n) is 9.22. The first-order valence-electron chi connectivity index (χ1n) is 4.98. The first kappa shape index (κ1) is 11.6. The second kappa shape index (κ2) is 4.55. The normalized spacial score (nSPS) is 10.5. The number of nitrogen functional groups attached to an aromatic ring is 1. The molecule has 1 heterocycles. The first-order chi connectivity index (χ1) is 8.06. The van der Waals surface area contributed by atoms with E-state index in [9.17, 15) is 4.79 Å². The number of aryl methyl sites for hydroxylation is 1. The van der Waals surface area contributed by atoms with Gasteiger partial charge in [-0.2, -0.15) is 5.10 Å². The van der Waals surface area contributed by atoms with Gasteiger partial charge in [-0.05, 0) is 18.2 Å². The lowest BCUT2D eigenvalue weighted by Crippen LogP contribution is -2.09. The second-order valence-electron chi connectivity index (χ2n) is 3.67. The SMILES string of the molecule is Cn1ncnc1CC(=O)c1cc(N)cc(Cl)c1. The van der Waals surface area contributed by atoms with Crippen LogP contribution < -0.4 is 5.73 Å². The van der Waals surface area contributed by atoms with Crippen LogP contribution in [0.25, 0.3) is 0 Å². The lowest BCUT2D eigenvalue weighted by Gasteiger charge is -2.03. The van der Waals surface area contributed by atoms with Crippen LogP contribution in [0.3, 0.4) is 0 Å². The van der Waals surface area contributed by atoms with Crippen LogP contribution in [0.2, 0.25) is 5.02 Å². The number of nitrogens with two attached hydrogens (primary N) is 1. The van der Waals surface area contributed by atoms with Crippen molar-refractivity contribution in [3.63, 3.8) is 0 Å². The molecular formula is C11H11ClN4O. The molecule has 0 aliphatic carbocycles. The molecule has 0 saturated carbocycles. The van der Waals surface area contributed by atoms with Crippen LogP contribution in [0.5, 0.6) is 0 Å². The molecule has 1 aromatic heterocycles. The smallest absolute Gasteiger partial charge is 0.170 e. The summed E-state index contributed by atoms with van der Waals surface area (Å²) in [6.45, 7) is 0. The standard InChI is InChI=1S/C11H11ClN4O/c1-16-11(14-6-15-16)5-10(17)7-2-8(12)4-9(13)3-7/h2-4,6H,5,13H2,1H3. The fourth-order valence-corrected chi connectivity index (χ4v) is 1.74. The van der Waals surface area contributed by atoms with Gasteiger partial charge in [0, 0.05) is 23.3 Å². The van der Waals surface area contributed by atoms with E-state index in [1.54, 1.807) is 29.9 Å². The van der Waals surface area contributed by atoms with Crippen LogP contribution in [-0.4, -0.2) is 20.5 Å². The second-order valence-corrected chi connectivity index (χ2v) is 4.11. The number of rotatable bonds is 3. The van der Waals surface area contributed by atoms with E-state index in [1.807, 2.05) is 0 Å². The van der Waals surface area contributed by atoms with E-state index in [0.29, 0.717) is 22.1 Å². The Labute approximate surface area is 103 Å². The fraction of sp³-hybridized carbons (Fsp3) is 0.182. The number of hydrogen-bond acceptors (Lipinski definition) is 4. The Kier molecular flexibility index (Phi) is 3.10. The third-order valence-electron chi connectivity index (χ3n) is 2.37. The number of aromatic nitrogens is 3. The van der Waals surface area contributed by atoms with Crippen molar-refractivity contribution in [2.45, 2.75) is 6.42 Å². The molecule has 2 rings (SSSR count). The van der Waals surface area contributed by atoms with E-state index < -0.39 is 0 Å². The van der Waals surface area contributed by atoms with Crippen molar-refractivity contribution in [3.05, 3.63) is 40.9 Å². The molecule has 6 heteroatoms. The summed E-state index contributed by atoms with van der Waals surface area (Å²) in [5, 5.41) is 4.35. The Balaban J connectivity index is 2.23. The molecule has 0 saturated heterocycles. The number of benzene rings is 1. The Morgan fingerprint density at radius 2 is 2.24 bits per heavy atom. The minimum atomic E-state index is -0.0877. The van der Waals surface area contributed by atoms with E-state index in [1.165, 1.54) is 6.33 Å². The van der Waals surface area contributed by atoms with Crippen LogP contribution >= 0.6 is 11.6 Å². The van der Waals surface area contributed by atoms with Crippen molar-refractivity contribution in [2.24, 2.45) is 7.05 Å². The summed E-state index contributed by atoms with van der Waals surface area (Å²) in [4.78, 5) is 16.0. The summed E-state index contributed by atoms with van der Waals surface area (Å²) in [5.74, 6) is 0.517. The lowest BCUT2D eigenvalue weighted by atomic mass is 10.1. The quantitative estimate of drug-likeness (QED) is 0.661. The Morgan fingerprint density at radius 3 is 2.82 bits per heavy atom. The highest BCUT2D eigenvalue weighted by Gasteiger charge is 2.11. The molecular weight excluding hydrogens is 240 g/mol. The van der Waals surface area contributed by atoms with Crippen LogP contribution in [0.15, 0.2) is 24.5 Å². The number of ketones is 1. The van der Waals surface area contributed by atoms with Gasteiger partial charge in [0.05, 0.1) is 6.42 Å². The molecule has 17 heavy (non-hydrogen) atoms. The van der Waals surface area contributed by atoms with Gasteiger partial charge < -0.3 is 5.73 Å². The van der Waals surface area contributed by atoms with Crippen LogP contribution in [0, 0.1) is 0 Å². The molecule has 1 aromatic carbocycles. The third kappa shape index (κ3) is 2.62. The lowest BCUT2D eigenvalue weighted by molar-refractivity contribution is 0.0989. The summed E-state index contributed by atoms with van der Waals surface area (Å²) in [6.07, 6.45) is 1.59. The molecule has 0 aliphatic rings. The van der Waals surface area contributed by atoms with Gasteiger partial charge >= 0.3 is 0 Å². The Morgan fingerprint density at radius 1 is 1.47 bits per heavy atom. The van der Waals surface area contributed by atoms with Crippen LogP contribution in [0.1, 0.15) is 16.2 Å². The Bertz CT molecular complexity index is 544. The number of Topliss-reactive ketones (excluding diaryl/α,β-unsaturated/α-hetero) is 1. The van der Waals surface area contributed by atoms with Gasteiger partial charge in [-0.15, -0.1) is 0 Å². The number of halogens is 1. The van der Waals surface area contributed by atoms with Crippen molar-refractivity contribution < 1.29 is 4.79 Å². The Hall–Kier alpha value is -1.88. The molecule has 0 radical (unpaired) electrons. The molecule has 0 unspecified atom stereocenters. The predicted octanol–water partition coefficient (Wildman–Crippen LogP) is 1.48.